The monoisotopic (exact) mass is 256 g/mol. The number of carboxylic acids is 1. The molecule has 0 spiro atoms. The van der Waals surface area contributed by atoms with E-state index in [9.17, 15) is 9.59 Å². The molecule has 17 heavy (non-hydrogen) atoms. The van der Waals surface area contributed by atoms with E-state index in [1.807, 2.05) is 0 Å². The Morgan fingerprint density at radius 1 is 1.53 bits per heavy atom. The second-order valence-corrected chi connectivity index (χ2v) is 4.09. The van der Waals surface area contributed by atoms with Gasteiger partial charge in [-0.1, -0.05) is 18.5 Å². The van der Waals surface area contributed by atoms with Crippen LogP contribution in [0.2, 0.25) is 5.02 Å². The second kappa shape index (κ2) is 5.54. The minimum Gasteiger partial charge on any atom is -0.481 e. The molecule has 1 amide bonds. The van der Waals surface area contributed by atoms with E-state index in [0.717, 1.165) is 0 Å². The molecule has 1 rings (SSSR count). The molecule has 0 aliphatic rings. The first-order valence-electron chi connectivity index (χ1n) is 4.98. The predicted molar refractivity (Wildman–Crippen MR) is 65.0 cm³/mol. The summed E-state index contributed by atoms with van der Waals surface area (Å²) < 4.78 is 0. The maximum Gasteiger partial charge on any atom is 0.308 e. The average molecular weight is 257 g/mol. The van der Waals surface area contributed by atoms with Crippen LogP contribution in [0.5, 0.6) is 0 Å². The lowest BCUT2D eigenvalue weighted by molar-refractivity contribution is -0.140. The molecule has 1 aromatic carbocycles. The molecule has 0 aliphatic heterocycles. The zero-order chi connectivity index (χ0) is 13.0. The summed E-state index contributed by atoms with van der Waals surface area (Å²) in [6.07, 6.45) is 0. The number of carbonyl (C=O) groups is 2. The van der Waals surface area contributed by atoms with E-state index >= 15 is 0 Å². The summed E-state index contributed by atoms with van der Waals surface area (Å²) in [5.41, 5.74) is 6.22. The normalized spacial score (nSPS) is 11.9. The van der Waals surface area contributed by atoms with Gasteiger partial charge in [0.2, 0.25) is 0 Å². The lowest BCUT2D eigenvalue weighted by Gasteiger charge is -2.09. The molecular formula is C11H13ClN2O3. The molecule has 5 nitrogen and oxygen atoms in total. The Morgan fingerprint density at radius 3 is 2.71 bits per heavy atom. The standard InChI is InChI=1S/C11H13ClN2O3/c1-6(11(16)17)5-14-10(15)7-2-3-8(12)9(13)4-7/h2-4,6H,5,13H2,1H3,(H,14,15)(H,16,17). The highest BCUT2D eigenvalue weighted by Crippen LogP contribution is 2.19. The molecule has 0 heterocycles. The topological polar surface area (TPSA) is 92.4 Å². The van der Waals surface area contributed by atoms with Crippen molar-refractivity contribution in [3.63, 3.8) is 0 Å². The van der Waals surface area contributed by atoms with Gasteiger partial charge in [0.15, 0.2) is 0 Å². The van der Waals surface area contributed by atoms with Crippen LogP contribution in [0.25, 0.3) is 0 Å². The molecule has 1 unspecified atom stereocenters. The van der Waals surface area contributed by atoms with Gasteiger partial charge in [0.25, 0.3) is 5.91 Å². The second-order valence-electron chi connectivity index (χ2n) is 3.69. The Labute approximate surface area is 104 Å². The van der Waals surface area contributed by atoms with Gasteiger partial charge in [0.05, 0.1) is 16.6 Å². The summed E-state index contributed by atoms with van der Waals surface area (Å²) in [7, 11) is 0. The predicted octanol–water partition coefficient (Wildman–Crippen LogP) is 1.37. The minimum atomic E-state index is -0.957. The lowest BCUT2D eigenvalue weighted by atomic mass is 10.1. The molecule has 6 heteroatoms. The zero-order valence-corrected chi connectivity index (χ0v) is 9.99. The van der Waals surface area contributed by atoms with Crippen molar-refractivity contribution in [2.45, 2.75) is 6.92 Å². The van der Waals surface area contributed by atoms with E-state index < -0.39 is 11.9 Å². The maximum atomic E-state index is 11.6. The van der Waals surface area contributed by atoms with Crippen LogP contribution in [0.3, 0.4) is 0 Å². The summed E-state index contributed by atoms with van der Waals surface area (Å²) in [6.45, 7) is 1.58. The van der Waals surface area contributed by atoms with Crippen LogP contribution in [0, 0.1) is 5.92 Å². The zero-order valence-electron chi connectivity index (χ0n) is 9.24. The van der Waals surface area contributed by atoms with E-state index in [1.54, 1.807) is 0 Å². The highest BCUT2D eigenvalue weighted by molar-refractivity contribution is 6.33. The van der Waals surface area contributed by atoms with Crippen molar-refractivity contribution in [3.05, 3.63) is 28.8 Å². The summed E-state index contributed by atoms with van der Waals surface area (Å²) in [4.78, 5) is 22.2. The molecule has 0 saturated heterocycles. The van der Waals surface area contributed by atoms with Crippen molar-refractivity contribution in [3.8, 4) is 0 Å². The summed E-state index contributed by atoms with van der Waals surface area (Å²) in [5, 5.41) is 11.5. The van der Waals surface area contributed by atoms with Gasteiger partial charge in [0.1, 0.15) is 0 Å². The Balaban J connectivity index is 2.64. The number of benzene rings is 1. The smallest absolute Gasteiger partial charge is 0.308 e. The number of anilines is 1. The number of nitrogens with one attached hydrogen (secondary N) is 1. The van der Waals surface area contributed by atoms with Gasteiger partial charge in [-0.05, 0) is 18.2 Å². The van der Waals surface area contributed by atoms with E-state index in [2.05, 4.69) is 5.32 Å². The Bertz CT molecular complexity index is 448. The van der Waals surface area contributed by atoms with Gasteiger partial charge < -0.3 is 16.2 Å². The van der Waals surface area contributed by atoms with Crippen molar-refractivity contribution < 1.29 is 14.7 Å². The van der Waals surface area contributed by atoms with Crippen molar-refractivity contribution in [1.29, 1.82) is 0 Å². The van der Waals surface area contributed by atoms with Crippen LogP contribution in [-0.4, -0.2) is 23.5 Å². The number of carboxylic acid groups (broad SMARTS) is 1. The molecule has 4 N–H and O–H groups in total. The quantitative estimate of drug-likeness (QED) is 0.710. The van der Waals surface area contributed by atoms with Gasteiger partial charge in [-0.2, -0.15) is 0 Å². The first kappa shape index (κ1) is 13.3. The van der Waals surface area contributed by atoms with Crippen molar-refractivity contribution in [2.24, 2.45) is 5.92 Å². The van der Waals surface area contributed by atoms with Gasteiger partial charge in [0, 0.05) is 12.1 Å². The number of carbonyl (C=O) groups excluding carboxylic acids is 1. The maximum absolute atomic E-state index is 11.6. The molecule has 0 saturated carbocycles. The van der Waals surface area contributed by atoms with Crippen LogP contribution in [0.15, 0.2) is 18.2 Å². The molecule has 0 fully saturated rings. The summed E-state index contributed by atoms with van der Waals surface area (Å²) in [6, 6.07) is 4.50. The number of halogens is 1. The number of nitrogen functional groups attached to an aromatic ring is 1. The third-order valence-electron chi connectivity index (χ3n) is 2.25. The van der Waals surface area contributed by atoms with Crippen LogP contribution < -0.4 is 11.1 Å². The van der Waals surface area contributed by atoms with Gasteiger partial charge in [-0.15, -0.1) is 0 Å². The number of hydrogen-bond donors (Lipinski definition) is 3. The Kier molecular flexibility index (Phi) is 4.34. The minimum absolute atomic E-state index is 0.0662. The van der Waals surface area contributed by atoms with Gasteiger partial charge in [-0.25, -0.2) is 0 Å². The number of rotatable bonds is 4. The highest BCUT2D eigenvalue weighted by Gasteiger charge is 2.13. The van der Waals surface area contributed by atoms with Crippen LogP contribution in [0.4, 0.5) is 5.69 Å². The third kappa shape index (κ3) is 3.64. The first-order valence-corrected chi connectivity index (χ1v) is 5.35. The number of hydrogen-bond acceptors (Lipinski definition) is 3. The highest BCUT2D eigenvalue weighted by atomic mass is 35.5. The first-order chi connectivity index (χ1) is 7.91. The van der Waals surface area contributed by atoms with Gasteiger partial charge in [-0.3, -0.25) is 9.59 Å². The van der Waals surface area contributed by atoms with Gasteiger partial charge >= 0.3 is 5.97 Å². The Morgan fingerprint density at radius 2 is 2.18 bits per heavy atom. The van der Waals surface area contributed by atoms with Crippen LogP contribution >= 0.6 is 11.6 Å². The molecule has 0 aliphatic carbocycles. The summed E-state index contributed by atoms with van der Waals surface area (Å²) >= 11 is 5.72. The van der Waals surface area contributed by atoms with Crippen molar-refractivity contribution >= 4 is 29.2 Å². The van der Waals surface area contributed by atoms with E-state index in [0.29, 0.717) is 16.3 Å². The van der Waals surface area contributed by atoms with E-state index in [1.165, 1.54) is 25.1 Å². The van der Waals surface area contributed by atoms with Crippen molar-refractivity contribution in [1.82, 2.24) is 5.32 Å². The van der Waals surface area contributed by atoms with Crippen molar-refractivity contribution in [2.75, 3.05) is 12.3 Å². The van der Waals surface area contributed by atoms with E-state index in [-0.39, 0.29) is 12.5 Å². The number of aliphatic carboxylic acids is 1. The van der Waals surface area contributed by atoms with E-state index in [4.69, 9.17) is 22.4 Å². The van der Waals surface area contributed by atoms with Crippen LogP contribution in [0.1, 0.15) is 17.3 Å². The molecule has 0 aromatic heterocycles. The third-order valence-corrected chi connectivity index (χ3v) is 2.59. The number of amides is 1. The molecule has 1 aromatic rings. The SMILES string of the molecule is CC(CNC(=O)c1ccc(Cl)c(N)c1)C(=O)O. The molecule has 1 atom stereocenters. The molecule has 0 radical (unpaired) electrons. The molecule has 92 valence electrons. The largest absolute Gasteiger partial charge is 0.481 e. The fourth-order valence-electron chi connectivity index (χ4n) is 1.12. The van der Waals surface area contributed by atoms with Crippen LogP contribution in [-0.2, 0) is 4.79 Å². The fraction of sp³-hybridized carbons (Fsp3) is 0.273. The molecule has 0 bridgehead atoms. The molecular weight excluding hydrogens is 244 g/mol. The average Bonchev–Trinajstić information content (AvgIpc) is 2.28. The number of nitrogens with two attached hydrogens (primary N) is 1. The fourth-order valence-corrected chi connectivity index (χ4v) is 1.24. The Hall–Kier alpha value is -1.75. The summed E-state index contributed by atoms with van der Waals surface area (Å²) in [5.74, 6) is -1.97. The lowest BCUT2D eigenvalue weighted by Crippen LogP contribution is -2.31.